The van der Waals surface area contributed by atoms with Gasteiger partial charge >= 0.3 is 11.8 Å². The molecular formula is C18H26N2O2. The summed E-state index contributed by atoms with van der Waals surface area (Å²) in [6, 6.07) is 5.78. The number of hydrogen-bond acceptors (Lipinski definition) is 2. The van der Waals surface area contributed by atoms with E-state index in [2.05, 4.69) is 17.6 Å². The SMILES string of the molecule is CCC1CCC(NC(=O)C(=O)Nc2ccc(C)c(C)c2)CC1. The lowest BCUT2D eigenvalue weighted by Crippen LogP contribution is -2.43. The van der Waals surface area contributed by atoms with Crippen molar-refractivity contribution < 1.29 is 9.59 Å². The minimum Gasteiger partial charge on any atom is -0.345 e. The Morgan fingerprint density at radius 3 is 2.32 bits per heavy atom. The minimum absolute atomic E-state index is 0.140. The largest absolute Gasteiger partial charge is 0.345 e. The summed E-state index contributed by atoms with van der Waals surface area (Å²) in [6.07, 6.45) is 5.43. The molecule has 0 atom stereocenters. The molecular weight excluding hydrogens is 276 g/mol. The highest BCUT2D eigenvalue weighted by Gasteiger charge is 2.23. The molecule has 4 heteroatoms. The Labute approximate surface area is 132 Å². The van der Waals surface area contributed by atoms with Crippen molar-refractivity contribution in [2.24, 2.45) is 5.92 Å². The molecule has 0 bridgehead atoms. The first-order chi connectivity index (χ1) is 10.5. The summed E-state index contributed by atoms with van der Waals surface area (Å²) in [5.74, 6) is -0.337. The minimum atomic E-state index is -0.583. The Hall–Kier alpha value is -1.84. The first-order valence-electron chi connectivity index (χ1n) is 8.18. The van der Waals surface area contributed by atoms with Crippen LogP contribution in [0.1, 0.15) is 50.2 Å². The highest BCUT2D eigenvalue weighted by Crippen LogP contribution is 2.26. The third-order valence-corrected chi connectivity index (χ3v) is 4.73. The van der Waals surface area contributed by atoms with Crippen LogP contribution in [0.4, 0.5) is 5.69 Å². The number of anilines is 1. The average molecular weight is 302 g/mol. The van der Waals surface area contributed by atoms with Crippen LogP contribution in [0, 0.1) is 19.8 Å². The molecule has 0 unspecified atom stereocenters. The van der Waals surface area contributed by atoms with Crippen molar-refractivity contribution in [3.05, 3.63) is 29.3 Å². The number of aryl methyl sites for hydroxylation is 2. The lowest BCUT2D eigenvalue weighted by Gasteiger charge is -2.28. The van der Waals surface area contributed by atoms with Crippen LogP contribution in [0.15, 0.2) is 18.2 Å². The second kappa shape index (κ2) is 7.43. The van der Waals surface area contributed by atoms with Crippen molar-refractivity contribution in [2.45, 2.75) is 58.9 Å². The maximum Gasteiger partial charge on any atom is 0.313 e. The van der Waals surface area contributed by atoms with Gasteiger partial charge in [0.25, 0.3) is 0 Å². The van der Waals surface area contributed by atoms with E-state index >= 15 is 0 Å². The summed E-state index contributed by atoms with van der Waals surface area (Å²) >= 11 is 0. The van der Waals surface area contributed by atoms with Crippen LogP contribution < -0.4 is 10.6 Å². The van der Waals surface area contributed by atoms with Gasteiger partial charge in [-0.25, -0.2) is 0 Å². The molecule has 1 aromatic rings. The average Bonchev–Trinajstić information content (AvgIpc) is 2.51. The quantitative estimate of drug-likeness (QED) is 0.841. The molecule has 0 aromatic heterocycles. The van der Waals surface area contributed by atoms with E-state index in [0.717, 1.165) is 42.7 Å². The first kappa shape index (κ1) is 16.5. The molecule has 1 fully saturated rings. The molecule has 0 radical (unpaired) electrons. The van der Waals surface area contributed by atoms with Crippen molar-refractivity contribution >= 4 is 17.5 Å². The lowest BCUT2D eigenvalue weighted by molar-refractivity contribution is -0.136. The predicted octanol–water partition coefficient (Wildman–Crippen LogP) is 3.33. The second-order valence-corrected chi connectivity index (χ2v) is 6.35. The molecule has 1 aliphatic carbocycles. The molecule has 4 nitrogen and oxygen atoms in total. The number of nitrogens with one attached hydrogen (secondary N) is 2. The predicted molar refractivity (Wildman–Crippen MR) is 88.7 cm³/mol. The smallest absolute Gasteiger partial charge is 0.313 e. The van der Waals surface area contributed by atoms with Crippen LogP contribution in [-0.4, -0.2) is 17.9 Å². The van der Waals surface area contributed by atoms with Gasteiger partial charge in [0.15, 0.2) is 0 Å². The normalized spacial score (nSPS) is 21.2. The number of benzene rings is 1. The molecule has 2 N–H and O–H groups in total. The standard InChI is InChI=1S/C18H26N2O2/c1-4-14-6-9-15(10-7-14)19-17(21)18(22)20-16-8-5-12(2)13(3)11-16/h5,8,11,14-15H,4,6-7,9-10H2,1-3H3,(H,19,21)(H,20,22). The summed E-state index contributed by atoms with van der Waals surface area (Å²) in [6.45, 7) is 6.21. The fraction of sp³-hybridized carbons (Fsp3) is 0.556. The van der Waals surface area contributed by atoms with Crippen LogP contribution in [0.25, 0.3) is 0 Å². The molecule has 0 heterocycles. The van der Waals surface area contributed by atoms with Gasteiger partial charge in [-0.05, 0) is 68.7 Å². The van der Waals surface area contributed by atoms with Crippen LogP contribution in [0.5, 0.6) is 0 Å². The van der Waals surface area contributed by atoms with Crippen LogP contribution in [0.3, 0.4) is 0 Å². The molecule has 1 saturated carbocycles. The lowest BCUT2D eigenvalue weighted by atomic mass is 9.84. The summed E-state index contributed by atoms with van der Waals surface area (Å²) in [5, 5.41) is 5.53. The van der Waals surface area contributed by atoms with Gasteiger partial charge in [0.2, 0.25) is 0 Å². The molecule has 1 aliphatic rings. The van der Waals surface area contributed by atoms with E-state index in [1.165, 1.54) is 6.42 Å². The summed E-state index contributed by atoms with van der Waals surface area (Å²) in [7, 11) is 0. The third-order valence-electron chi connectivity index (χ3n) is 4.73. The molecule has 2 amide bonds. The summed E-state index contributed by atoms with van der Waals surface area (Å²) in [5.41, 5.74) is 2.92. The zero-order valence-corrected chi connectivity index (χ0v) is 13.7. The molecule has 22 heavy (non-hydrogen) atoms. The Bertz CT molecular complexity index is 546. The first-order valence-corrected chi connectivity index (χ1v) is 8.18. The van der Waals surface area contributed by atoms with Gasteiger partial charge in [-0.2, -0.15) is 0 Å². The van der Waals surface area contributed by atoms with E-state index in [0.29, 0.717) is 5.69 Å². The van der Waals surface area contributed by atoms with Gasteiger partial charge in [0.1, 0.15) is 0 Å². The second-order valence-electron chi connectivity index (χ2n) is 6.35. The van der Waals surface area contributed by atoms with Crippen LogP contribution >= 0.6 is 0 Å². The van der Waals surface area contributed by atoms with E-state index in [9.17, 15) is 9.59 Å². The molecule has 1 aromatic carbocycles. The van der Waals surface area contributed by atoms with E-state index in [-0.39, 0.29) is 6.04 Å². The van der Waals surface area contributed by atoms with Gasteiger partial charge in [0, 0.05) is 11.7 Å². The van der Waals surface area contributed by atoms with E-state index in [4.69, 9.17) is 0 Å². The molecule has 2 rings (SSSR count). The summed E-state index contributed by atoms with van der Waals surface area (Å²) in [4.78, 5) is 24.0. The third kappa shape index (κ3) is 4.33. The highest BCUT2D eigenvalue weighted by atomic mass is 16.2. The van der Waals surface area contributed by atoms with Crippen molar-refractivity contribution in [1.82, 2.24) is 5.32 Å². The Morgan fingerprint density at radius 1 is 1.05 bits per heavy atom. The monoisotopic (exact) mass is 302 g/mol. The van der Waals surface area contributed by atoms with Gasteiger partial charge in [0.05, 0.1) is 0 Å². The number of carbonyl (C=O) groups excluding carboxylic acids is 2. The fourth-order valence-electron chi connectivity index (χ4n) is 2.97. The molecule has 120 valence electrons. The van der Waals surface area contributed by atoms with Crippen molar-refractivity contribution in [1.29, 1.82) is 0 Å². The van der Waals surface area contributed by atoms with Crippen LogP contribution in [0.2, 0.25) is 0 Å². The van der Waals surface area contributed by atoms with Crippen LogP contribution in [-0.2, 0) is 9.59 Å². The van der Waals surface area contributed by atoms with E-state index in [1.807, 2.05) is 32.0 Å². The molecule has 0 spiro atoms. The Kier molecular flexibility index (Phi) is 5.58. The van der Waals surface area contributed by atoms with Crippen molar-refractivity contribution in [3.63, 3.8) is 0 Å². The number of rotatable bonds is 3. The zero-order valence-electron chi connectivity index (χ0n) is 13.7. The Balaban J connectivity index is 1.84. The topological polar surface area (TPSA) is 58.2 Å². The van der Waals surface area contributed by atoms with Gasteiger partial charge < -0.3 is 10.6 Å². The van der Waals surface area contributed by atoms with E-state index < -0.39 is 11.8 Å². The van der Waals surface area contributed by atoms with Gasteiger partial charge in [-0.15, -0.1) is 0 Å². The van der Waals surface area contributed by atoms with Crippen molar-refractivity contribution in [3.8, 4) is 0 Å². The van der Waals surface area contributed by atoms with Gasteiger partial charge in [-0.3, -0.25) is 9.59 Å². The number of carbonyl (C=O) groups is 2. The Morgan fingerprint density at radius 2 is 1.73 bits per heavy atom. The van der Waals surface area contributed by atoms with E-state index in [1.54, 1.807) is 0 Å². The maximum absolute atomic E-state index is 12.0. The zero-order chi connectivity index (χ0) is 16.1. The fourth-order valence-corrected chi connectivity index (χ4v) is 2.97. The number of amides is 2. The van der Waals surface area contributed by atoms with Gasteiger partial charge in [-0.1, -0.05) is 19.4 Å². The molecule has 0 aliphatic heterocycles. The maximum atomic E-state index is 12.0. The molecule has 0 saturated heterocycles. The number of hydrogen-bond donors (Lipinski definition) is 2. The highest BCUT2D eigenvalue weighted by molar-refractivity contribution is 6.39. The summed E-state index contributed by atoms with van der Waals surface area (Å²) < 4.78 is 0. The van der Waals surface area contributed by atoms with Crippen molar-refractivity contribution in [2.75, 3.05) is 5.32 Å².